The highest BCUT2D eigenvalue weighted by Gasteiger charge is 2.19. The number of hydrogen-bond donors (Lipinski definition) is 0. The fraction of sp³-hybridized carbons (Fsp3) is 0.160. The SMILES string of the molecule is Cn1c(=NC(=O)c2cccc(C(=O)N=c3sc4cc5c(cc4n3C)OCO5)n2)sc2cc3c(cc21)OCO3. The molecule has 2 aromatic carbocycles. The molecule has 2 amide bonds. The molecule has 7 rings (SSSR count). The number of benzene rings is 2. The average molecular weight is 548 g/mol. The molecule has 0 unspecified atom stereocenters. The molecular formula is C25H17N5O6S2. The third-order valence-corrected chi connectivity index (χ3v) is 8.38. The largest absolute Gasteiger partial charge is 0.454 e. The van der Waals surface area contributed by atoms with Crippen LogP contribution in [0, 0.1) is 0 Å². The number of amides is 2. The third-order valence-electron chi connectivity index (χ3n) is 6.19. The van der Waals surface area contributed by atoms with Crippen LogP contribution in [0.25, 0.3) is 20.4 Å². The third kappa shape index (κ3) is 3.66. The lowest BCUT2D eigenvalue weighted by atomic mass is 10.3. The van der Waals surface area contributed by atoms with Crippen LogP contribution in [0.4, 0.5) is 0 Å². The minimum absolute atomic E-state index is 0.0455. The Morgan fingerprint density at radius 2 is 1.16 bits per heavy atom. The van der Waals surface area contributed by atoms with E-state index in [1.54, 1.807) is 15.2 Å². The molecule has 0 radical (unpaired) electrons. The van der Waals surface area contributed by atoms with Crippen LogP contribution in [-0.2, 0) is 14.1 Å². The molecule has 38 heavy (non-hydrogen) atoms. The lowest BCUT2D eigenvalue weighted by Gasteiger charge is -2.00. The van der Waals surface area contributed by atoms with Crippen molar-refractivity contribution in [3.63, 3.8) is 0 Å². The summed E-state index contributed by atoms with van der Waals surface area (Å²) in [6.07, 6.45) is 0. The van der Waals surface area contributed by atoms with Crippen molar-refractivity contribution in [2.24, 2.45) is 24.1 Å². The molecule has 0 atom stereocenters. The summed E-state index contributed by atoms with van der Waals surface area (Å²) in [7, 11) is 3.63. The van der Waals surface area contributed by atoms with Gasteiger partial charge in [0, 0.05) is 38.4 Å². The molecule has 190 valence electrons. The number of pyridine rings is 1. The van der Waals surface area contributed by atoms with E-state index in [-0.39, 0.29) is 25.0 Å². The Labute approximate surface area is 221 Å². The van der Waals surface area contributed by atoms with E-state index in [0.29, 0.717) is 32.6 Å². The predicted octanol–water partition coefficient (Wildman–Crippen LogP) is 3.13. The summed E-state index contributed by atoms with van der Waals surface area (Å²) in [6.45, 7) is 0.373. The zero-order valence-corrected chi connectivity index (χ0v) is 21.6. The van der Waals surface area contributed by atoms with Gasteiger partial charge in [-0.3, -0.25) is 9.59 Å². The van der Waals surface area contributed by atoms with Crippen LogP contribution in [0.3, 0.4) is 0 Å². The topological polar surface area (TPSA) is 119 Å². The van der Waals surface area contributed by atoms with Crippen molar-refractivity contribution < 1.29 is 28.5 Å². The summed E-state index contributed by atoms with van der Waals surface area (Å²) < 4.78 is 27.2. The van der Waals surface area contributed by atoms with Crippen LogP contribution in [0.15, 0.2) is 52.4 Å². The molecule has 5 heterocycles. The highest BCUT2D eigenvalue weighted by Crippen LogP contribution is 2.37. The number of ether oxygens (including phenoxy) is 4. The summed E-state index contributed by atoms with van der Waals surface area (Å²) in [5.74, 6) is 1.49. The molecule has 2 aliphatic heterocycles. The van der Waals surface area contributed by atoms with Gasteiger partial charge in [-0.1, -0.05) is 28.7 Å². The molecule has 5 aromatic rings. The number of carbonyl (C=O) groups is 2. The zero-order valence-electron chi connectivity index (χ0n) is 20.0. The molecule has 13 heteroatoms. The minimum atomic E-state index is -0.566. The smallest absolute Gasteiger partial charge is 0.298 e. The summed E-state index contributed by atoms with van der Waals surface area (Å²) in [4.78, 5) is 39.7. The van der Waals surface area contributed by atoms with Crippen molar-refractivity contribution in [3.8, 4) is 23.0 Å². The van der Waals surface area contributed by atoms with Gasteiger partial charge in [0.2, 0.25) is 13.6 Å². The highest BCUT2D eigenvalue weighted by atomic mass is 32.1. The monoisotopic (exact) mass is 547 g/mol. The second kappa shape index (κ2) is 8.53. The summed E-state index contributed by atoms with van der Waals surface area (Å²) >= 11 is 2.69. The van der Waals surface area contributed by atoms with E-state index < -0.39 is 11.8 Å². The first-order chi connectivity index (χ1) is 18.4. The number of aromatic nitrogens is 3. The van der Waals surface area contributed by atoms with Crippen molar-refractivity contribution in [2.45, 2.75) is 0 Å². The van der Waals surface area contributed by atoms with Gasteiger partial charge in [-0.15, -0.1) is 0 Å². The van der Waals surface area contributed by atoms with Gasteiger partial charge in [0.05, 0.1) is 20.4 Å². The van der Waals surface area contributed by atoms with E-state index >= 15 is 0 Å². The molecule has 11 nitrogen and oxygen atoms in total. The normalized spacial score (nSPS) is 14.7. The van der Waals surface area contributed by atoms with Crippen LogP contribution in [-0.4, -0.2) is 39.5 Å². The number of hydrogen-bond acceptors (Lipinski definition) is 9. The average Bonchev–Trinajstić information content (AvgIpc) is 3.69. The van der Waals surface area contributed by atoms with Gasteiger partial charge in [-0.2, -0.15) is 9.98 Å². The predicted molar refractivity (Wildman–Crippen MR) is 138 cm³/mol. The molecule has 0 bridgehead atoms. The van der Waals surface area contributed by atoms with Crippen molar-refractivity contribution >= 4 is 54.9 Å². The molecule has 3 aromatic heterocycles. The molecular weight excluding hydrogens is 530 g/mol. The number of aryl methyl sites for hydroxylation is 2. The molecule has 0 N–H and O–H groups in total. The Morgan fingerprint density at radius 3 is 1.61 bits per heavy atom. The lowest BCUT2D eigenvalue weighted by molar-refractivity contribution is 0.0989. The molecule has 0 fully saturated rings. The van der Waals surface area contributed by atoms with Crippen molar-refractivity contribution in [3.05, 3.63) is 63.5 Å². The summed E-state index contributed by atoms with van der Waals surface area (Å²) in [5.41, 5.74) is 1.82. The van der Waals surface area contributed by atoms with Gasteiger partial charge < -0.3 is 28.1 Å². The van der Waals surface area contributed by atoms with Gasteiger partial charge >= 0.3 is 0 Å². The minimum Gasteiger partial charge on any atom is -0.454 e. The molecule has 0 saturated heterocycles. The number of carbonyl (C=O) groups excluding carboxylic acids is 2. The Hall–Kier alpha value is -4.49. The number of rotatable bonds is 2. The van der Waals surface area contributed by atoms with Crippen LogP contribution in [0.1, 0.15) is 21.0 Å². The number of thiazole rings is 2. The maximum Gasteiger partial charge on any atom is 0.298 e. The second-order valence-corrected chi connectivity index (χ2v) is 10.5. The number of nitrogens with zero attached hydrogens (tertiary/aromatic N) is 5. The second-order valence-electron chi connectivity index (χ2n) is 8.48. The fourth-order valence-electron chi connectivity index (χ4n) is 4.21. The standard InChI is InChI=1S/C25H17N5O6S2/c1-29-14-6-16-18(35-10-33-16)8-20(14)37-24(29)27-22(31)12-4-3-5-13(26-12)23(32)28-25-30(2)15-7-17-19(36-11-34-17)9-21(15)38-25/h3-9H,10-11H2,1-2H3. The van der Waals surface area contributed by atoms with E-state index in [1.165, 1.54) is 34.8 Å². The lowest BCUT2D eigenvalue weighted by Crippen LogP contribution is -2.16. The van der Waals surface area contributed by atoms with Gasteiger partial charge in [0.25, 0.3) is 11.8 Å². The van der Waals surface area contributed by atoms with Gasteiger partial charge in [0.1, 0.15) is 11.4 Å². The van der Waals surface area contributed by atoms with E-state index in [1.807, 2.05) is 38.4 Å². The van der Waals surface area contributed by atoms with Gasteiger partial charge in [-0.05, 0) is 12.1 Å². The fourth-order valence-corrected chi connectivity index (χ4v) is 6.26. The first-order valence-electron chi connectivity index (χ1n) is 11.4. The number of fused-ring (bicyclic) bond motifs is 4. The van der Waals surface area contributed by atoms with Crippen LogP contribution in [0.2, 0.25) is 0 Å². The Bertz CT molecular complexity index is 1830. The first kappa shape index (κ1) is 22.7. The van der Waals surface area contributed by atoms with Gasteiger partial charge in [-0.25, -0.2) is 4.98 Å². The first-order valence-corrected chi connectivity index (χ1v) is 13.0. The molecule has 0 spiro atoms. The Balaban J connectivity index is 1.21. The quantitative estimate of drug-likeness (QED) is 0.333. The summed E-state index contributed by atoms with van der Waals surface area (Å²) in [5, 5.41) is 0. The van der Waals surface area contributed by atoms with E-state index in [2.05, 4.69) is 15.0 Å². The Morgan fingerprint density at radius 1 is 0.737 bits per heavy atom. The molecule has 0 saturated carbocycles. The van der Waals surface area contributed by atoms with Crippen molar-refractivity contribution in [2.75, 3.05) is 13.6 Å². The maximum absolute atomic E-state index is 13.0. The molecule has 0 aliphatic carbocycles. The van der Waals surface area contributed by atoms with E-state index in [9.17, 15) is 9.59 Å². The van der Waals surface area contributed by atoms with Crippen molar-refractivity contribution in [1.82, 2.24) is 14.1 Å². The van der Waals surface area contributed by atoms with Crippen LogP contribution >= 0.6 is 22.7 Å². The van der Waals surface area contributed by atoms with Crippen LogP contribution in [0.5, 0.6) is 23.0 Å². The summed E-state index contributed by atoms with van der Waals surface area (Å²) in [6, 6.07) is 12.1. The highest BCUT2D eigenvalue weighted by molar-refractivity contribution is 7.16. The van der Waals surface area contributed by atoms with Gasteiger partial charge in [0.15, 0.2) is 32.6 Å². The van der Waals surface area contributed by atoms with Crippen LogP contribution < -0.4 is 28.6 Å². The maximum atomic E-state index is 13.0. The van der Waals surface area contributed by atoms with E-state index in [4.69, 9.17) is 18.9 Å². The zero-order chi connectivity index (χ0) is 26.0. The van der Waals surface area contributed by atoms with E-state index in [0.717, 1.165) is 20.4 Å². The Kier molecular flexibility index (Phi) is 5.09. The van der Waals surface area contributed by atoms with Crippen molar-refractivity contribution in [1.29, 1.82) is 0 Å². The molecule has 2 aliphatic rings.